The van der Waals surface area contributed by atoms with Gasteiger partial charge in [-0.25, -0.2) is 4.72 Å². The van der Waals surface area contributed by atoms with Gasteiger partial charge in [0.1, 0.15) is 0 Å². The van der Waals surface area contributed by atoms with Crippen LogP contribution in [0.1, 0.15) is 4.88 Å². The summed E-state index contributed by atoms with van der Waals surface area (Å²) in [5, 5.41) is 1.98. The van der Waals surface area contributed by atoms with Gasteiger partial charge < -0.3 is 0 Å². The summed E-state index contributed by atoms with van der Waals surface area (Å²) in [5.74, 6) is 0. The molecule has 0 spiro atoms. The SMILES string of the molecule is CN(C)S(=O)(=O)NCCc1cccs1. The number of hydrogen-bond acceptors (Lipinski definition) is 3. The van der Waals surface area contributed by atoms with E-state index in [0.717, 1.165) is 6.42 Å². The summed E-state index contributed by atoms with van der Waals surface area (Å²) in [6.45, 7) is 0.445. The third-order valence-electron chi connectivity index (χ3n) is 1.72. The van der Waals surface area contributed by atoms with Gasteiger partial charge in [-0.3, -0.25) is 0 Å². The molecule has 0 fully saturated rings. The third kappa shape index (κ3) is 3.38. The van der Waals surface area contributed by atoms with Gasteiger partial charge in [-0.05, 0) is 17.9 Å². The molecule has 6 heteroatoms. The first-order chi connectivity index (χ1) is 6.52. The zero-order chi connectivity index (χ0) is 10.6. The molecule has 0 aromatic carbocycles. The molecule has 0 saturated heterocycles. The summed E-state index contributed by atoms with van der Waals surface area (Å²) in [6.07, 6.45) is 0.741. The van der Waals surface area contributed by atoms with Crippen molar-refractivity contribution in [3.05, 3.63) is 22.4 Å². The fourth-order valence-corrected chi connectivity index (χ4v) is 2.21. The lowest BCUT2D eigenvalue weighted by Crippen LogP contribution is -2.36. The molecule has 1 aromatic heterocycles. The molecule has 0 aliphatic rings. The Morgan fingerprint density at radius 2 is 2.21 bits per heavy atom. The number of hydrogen-bond donors (Lipinski definition) is 1. The van der Waals surface area contributed by atoms with Gasteiger partial charge >= 0.3 is 0 Å². The molecule has 0 aliphatic heterocycles. The lowest BCUT2D eigenvalue weighted by Gasteiger charge is -2.11. The second kappa shape index (κ2) is 4.88. The molecule has 80 valence electrons. The van der Waals surface area contributed by atoms with Crippen molar-refractivity contribution in [2.24, 2.45) is 0 Å². The molecule has 0 unspecified atom stereocenters. The molecule has 0 radical (unpaired) electrons. The summed E-state index contributed by atoms with van der Waals surface area (Å²) in [6, 6.07) is 3.95. The van der Waals surface area contributed by atoms with Gasteiger partial charge in [-0.1, -0.05) is 6.07 Å². The first-order valence-corrected chi connectivity index (χ1v) is 6.54. The Labute approximate surface area is 88.7 Å². The minimum Gasteiger partial charge on any atom is -0.202 e. The second-order valence-electron chi connectivity index (χ2n) is 3.01. The van der Waals surface area contributed by atoms with Crippen LogP contribution in [0.2, 0.25) is 0 Å². The Morgan fingerprint density at radius 3 is 2.71 bits per heavy atom. The van der Waals surface area contributed by atoms with Crippen molar-refractivity contribution in [2.45, 2.75) is 6.42 Å². The summed E-state index contributed by atoms with van der Waals surface area (Å²) in [4.78, 5) is 1.19. The smallest absolute Gasteiger partial charge is 0.202 e. The van der Waals surface area contributed by atoms with Crippen LogP contribution >= 0.6 is 11.3 Å². The van der Waals surface area contributed by atoms with E-state index >= 15 is 0 Å². The molecule has 0 amide bonds. The molecular formula is C8H14N2O2S2. The van der Waals surface area contributed by atoms with Gasteiger partial charge in [0.15, 0.2) is 0 Å². The lowest BCUT2D eigenvalue weighted by atomic mass is 10.3. The Bertz CT molecular complexity index is 357. The Morgan fingerprint density at radius 1 is 1.50 bits per heavy atom. The number of rotatable bonds is 5. The van der Waals surface area contributed by atoms with Crippen LogP contribution in [0.5, 0.6) is 0 Å². The maximum absolute atomic E-state index is 11.3. The summed E-state index contributed by atoms with van der Waals surface area (Å²) >= 11 is 1.63. The minimum absolute atomic E-state index is 0.445. The summed E-state index contributed by atoms with van der Waals surface area (Å²) in [7, 11) is -0.249. The predicted octanol–water partition coefficient (Wildman–Crippen LogP) is 0.687. The monoisotopic (exact) mass is 234 g/mol. The van der Waals surface area contributed by atoms with Crippen LogP contribution in [0.15, 0.2) is 17.5 Å². The molecule has 4 nitrogen and oxygen atoms in total. The first kappa shape index (κ1) is 11.6. The van der Waals surface area contributed by atoms with E-state index in [1.54, 1.807) is 11.3 Å². The molecule has 1 heterocycles. The van der Waals surface area contributed by atoms with Crippen LogP contribution in [0.3, 0.4) is 0 Å². The molecule has 0 aliphatic carbocycles. The fourth-order valence-electron chi connectivity index (χ4n) is 0.887. The van der Waals surface area contributed by atoms with Gasteiger partial charge in [0.25, 0.3) is 10.2 Å². The molecule has 0 bridgehead atoms. The van der Waals surface area contributed by atoms with E-state index in [-0.39, 0.29) is 0 Å². The summed E-state index contributed by atoms with van der Waals surface area (Å²) in [5.41, 5.74) is 0. The van der Waals surface area contributed by atoms with Crippen LogP contribution in [-0.4, -0.2) is 33.4 Å². The Kier molecular flexibility index (Phi) is 4.06. The topological polar surface area (TPSA) is 49.4 Å². The highest BCUT2D eigenvalue weighted by Crippen LogP contribution is 2.08. The second-order valence-corrected chi connectivity index (χ2v) is 6.01. The van der Waals surface area contributed by atoms with Crippen molar-refractivity contribution in [3.63, 3.8) is 0 Å². The van der Waals surface area contributed by atoms with Crippen molar-refractivity contribution in [1.29, 1.82) is 0 Å². The van der Waals surface area contributed by atoms with Crippen molar-refractivity contribution in [1.82, 2.24) is 9.03 Å². The fraction of sp³-hybridized carbons (Fsp3) is 0.500. The number of nitrogens with one attached hydrogen (secondary N) is 1. The van der Waals surface area contributed by atoms with Gasteiger partial charge in [-0.15, -0.1) is 11.3 Å². The molecule has 1 rings (SSSR count). The van der Waals surface area contributed by atoms with Crippen LogP contribution in [0.4, 0.5) is 0 Å². The normalized spacial score (nSPS) is 12.2. The minimum atomic E-state index is -3.26. The lowest BCUT2D eigenvalue weighted by molar-refractivity contribution is 0.506. The summed E-state index contributed by atoms with van der Waals surface area (Å²) < 4.78 is 26.2. The predicted molar refractivity (Wildman–Crippen MR) is 58.6 cm³/mol. The Hall–Kier alpha value is -0.430. The van der Waals surface area contributed by atoms with E-state index in [1.165, 1.54) is 23.3 Å². The van der Waals surface area contributed by atoms with Gasteiger partial charge in [0.05, 0.1) is 0 Å². The molecule has 14 heavy (non-hydrogen) atoms. The van der Waals surface area contributed by atoms with E-state index in [0.29, 0.717) is 6.54 Å². The average molecular weight is 234 g/mol. The first-order valence-electron chi connectivity index (χ1n) is 4.22. The molecule has 0 atom stereocenters. The number of thiophene rings is 1. The Balaban J connectivity index is 2.36. The quantitative estimate of drug-likeness (QED) is 0.815. The number of nitrogens with zero attached hydrogens (tertiary/aromatic N) is 1. The van der Waals surface area contributed by atoms with Crippen molar-refractivity contribution in [2.75, 3.05) is 20.6 Å². The highest BCUT2D eigenvalue weighted by Gasteiger charge is 2.11. The largest absolute Gasteiger partial charge is 0.278 e. The maximum atomic E-state index is 11.3. The van der Waals surface area contributed by atoms with Gasteiger partial charge in [0, 0.05) is 25.5 Å². The van der Waals surface area contributed by atoms with Crippen molar-refractivity contribution < 1.29 is 8.42 Å². The van der Waals surface area contributed by atoms with Crippen molar-refractivity contribution in [3.8, 4) is 0 Å². The maximum Gasteiger partial charge on any atom is 0.278 e. The van der Waals surface area contributed by atoms with Crippen LogP contribution in [0.25, 0.3) is 0 Å². The van der Waals surface area contributed by atoms with Crippen LogP contribution in [-0.2, 0) is 16.6 Å². The van der Waals surface area contributed by atoms with Gasteiger partial charge in [-0.2, -0.15) is 12.7 Å². The van der Waals surface area contributed by atoms with Crippen molar-refractivity contribution >= 4 is 21.5 Å². The van der Waals surface area contributed by atoms with E-state index in [2.05, 4.69) is 4.72 Å². The molecule has 1 N–H and O–H groups in total. The zero-order valence-corrected chi connectivity index (χ0v) is 9.86. The zero-order valence-electron chi connectivity index (χ0n) is 8.23. The molecular weight excluding hydrogens is 220 g/mol. The van der Waals surface area contributed by atoms with E-state index in [9.17, 15) is 8.42 Å². The average Bonchev–Trinajstić information content (AvgIpc) is 2.56. The standard InChI is InChI=1S/C8H14N2O2S2/c1-10(2)14(11,12)9-6-5-8-4-3-7-13-8/h3-4,7,9H,5-6H2,1-2H3. The van der Waals surface area contributed by atoms with Crippen LogP contribution < -0.4 is 4.72 Å². The molecule has 1 aromatic rings. The van der Waals surface area contributed by atoms with E-state index in [4.69, 9.17) is 0 Å². The highest BCUT2D eigenvalue weighted by atomic mass is 32.2. The van der Waals surface area contributed by atoms with E-state index < -0.39 is 10.2 Å². The molecule has 0 saturated carbocycles. The third-order valence-corrected chi connectivity index (χ3v) is 4.18. The highest BCUT2D eigenvalue weighted by molar-refractivity contribution is 7.87. The van der Waals surface area contributed by atoms with Crippen LogP contribution in [0, 0.1) is 0 Å². The van der Waals surface area contributed by atoms with Gasteiger partial charge in [0.2, 0.25) is 0 Å². The van der Waals surface area contributed by atoms with E-state index in [1.807, 2.05) is 17.5 Å².